The molecule has 13 heavy (non-hydrogen) atoms. The molecule has 0 saturated heterocycles. The third kappa shape index (κ3) is 3.75. The summed E-state index contributed by atoms with van der Waals surface area (Å²) in [7, 11) is 1.69. The third-order valence-electron chi connectivity index (χ3n) is 1.65. The Balaban J connectivity index is 2.73. The van der Waals surface area contributed by atoms with Crippen LogP contribution >= 0.6 is 0 Å². The highest BCUT2D eigenvalue weighted by Gasteiger charge is 1.84. The summed E-state index contributed by atoms with van der Waals surface area (Å²) < 4.78 is 4.97. The Labute approximate surface area is 79.4 Å². The lowest BCUT2D eigenvalue weighted by molar-refractivity contribution is 0.226. The monoisotopic (exact) mass is 174 g/mol. The van der Waals surface area contributed by atoms with Crippen LogP contribution in [-0.4, -0.2) is 13.7 Å². The second kappa shape index (κ2) is 5.36. The van der Waals surface area contributed by atoms with Crippen molar-refractivity contribution in [2.75, 3.05) is 13.7 Å². The molecule has 0 unspecified atom stereocenters. The highest BCUT2D eigenvalue weighted by Crippen LogP contribution is 2.00. The molecule has 1 rings (SSSR count). The number of hydrogen-bond acceptors (Lipinski definition) is 1. The zero-order chi connectivity index (χ0) is 9.52. The van der Waals surface area contributed by atoms with Gasteiger partial charge in [0.25, 0.3) is 0 Å². The zero-order valence-electron chi connectivity index (χ0n) is 8.08. The van der Waals surface area contributed by atoms with Crippen molar-refractivity contribution in [1.82, 2.24) is 0 Å². The summed E-state index contributed by atoms with van der Waals surface area (Å²) >= 11 is 0. The fourth-order valence-corrected chi connectivity index (χ4v) is 1.01. The summed E-state index contributed by atoms with van der Waals surface area (Å²) in [4.78, 5) is 0. The average Bonchev–Trinajstić information content (AvgIpc) is 2.17. The Morgan fingerprint density at radius 2 is 2.08 bits per heavy atom. The van der Waals surface area contributed by atoms with Gasteiger partial charge in [0.2, 0.25) is 0 Å². The number of benzene rings is 1. The molecule has 0 atom stereocenters. The van der Waals surface area contributed by atoms with Gasteiger partial charge in [0, 0.05) is 7.11 Å². The zero-order valence-corrected chi connectivity index (χ0v) is 8.08. The predicted molar refractivity (Wildman–Crippen MR) is 55.5 cm³/mol. The van der Waals surface area contributed by atoms with Crippen LogP contribution in [0.3, 0.4) is 0 Å². The topological polar surface area (TPSA) is 9.23 Å². The van der Waals surface area contributed by atoms with Crippen LogP contribution in [-0.2, 0) is 4.74 Å². The fourth-order valence-electron chi connectivity index (χ4n) is 1.01. The van der Waals surface area contributed by atoms with Crippen LogP contribution in [0.2, 0.25) is 0 Å². The fraction of sp³-hybridized carbons (Fsp3) is 0.250. The molecule has 1 aromatic carbocycles. The van der Waals surface area contributed by atoms with E-state index in [2.05, 4.69) is 5.73 Å². The molecule has 0 spiro atoms. The summed E-state index contributed by atoms with van der Waals surface area (Å²) in [5.74, 6) is 0. The SMILES string of the molecule is COCC(C)=C=Cc1ccccc1. The van der Waals surface area contributed by atoms with E-state index in [9.17, 15) is 0 Å². The first-order chi connectivity index (χ1) is 6.33. The molecular weight excluding hydrogens is 160 g/mol. The van der Waals surface area contributed by atoms with Gasteiger partial charge in [0.05, 0.1) is 6.61 Å². The lowest BCUT2D eigenvalue weighted by Gasteiger charge is -1.93. The van der Waals surface area contributed by atoms with Crippen molar-refractivity contribution >= 4 is 6.08 Å². The van der Waals surface area contributed by atoms with Crippen molar-refractivity contribution in [2.45, 2.75) is 6.92 Å². The van der Waals surface area contributed by atoms with E-state index in [0.29, 0.717) is 6.61 Å². The second-order valence-corrected chi connectivity index (χ2v) is 2.91. The van der Waals surface area contributed by atoms with Gasteiger partial charge in [-0.3, -0.25) is 0 Å². The van der Waals surface area contributed by atoms with Gasteiger partial charge in [-0.25, -0.2) is 0 Å². The molecule has 0 saturated carbocycles. The van der Waals surface area contributed by atoms with E-state index in [4.69, 9.17) is 4.74 Å². The molecule has 0 heterocycles. The molecule has 0 aromatic heterocycles. The van der Waals surface area contributed by atoms with Crippen LogP contribution in [0.25, 0.3) is 6.08 Å². The third-order valence-corrected chi connectivity index (χ3v) is 1.65. The molecule has 0 fully saturated rings. The van der Waals surface area contributed by atoms with Crippen molar-refractivity contribution < 1.29 is 4.74 Å². The van der Waals surface area contributed by atoms with Crippen LogP contribution in [0, 0.1) is 0 Å². The van der Waals surface area contributed by atoms with E-state index in [1.54, 1.807) is 7.11 Å². The van der Waals surface area contributed by atoms with Crippen molar-refractivity contribution in [3.8, 4) is 0 Å². The van der Waals surface area contributed by atoms with Crippen molar-refractivity contribution in [3.05, 3.63) is 47.2 Å². The minimum atomic E-state index is 0.642. The highest BCUT2D eigenvalue weighted by molar-refractivity contribution is 5.48. The maximum absolute atomic E-state index is 4.97. The summed E-state index contributed by atoms with van der Waals surface area (Å²) in [6.07, 6.45) is 1.97. The molecule has 0 bridgehead atoms. The average molecular weight is 174 g/mol. The van der Waals surface area contributed by atoms with E-state index in [1.807, 2.05) is 43.3 Å². The van der Waals surface area contributed by atoms with Gasteiger partial charge < -0.3 is 4.74 Å². The number of methoxy groups -OCH3 is 1. The predicted octanol–water partition coefficient (Wildman–Crippen LogP) is 2.89. The molecule has 68 valence electrons. The van der Waals surface area contributed by atoms with Gasteiger partial charge in [0.15, 0.2) is 0 Å². The lowest BCUT2D eigenvalue weighted by Crippen LogP contribution is -1.86. The van der Waals surface area contributed by atoms with E-state index in [1.165, 1.54) is 0 Å². The first kappa shape index (κ1) is 9.79. The van der Waals surface area contributed by atoms with Gasteiger partial charge in [-0.2, -0.15) is 0 Å². The molecule has 1 heteroatoms. The minimum absolute atomic E-state index is 0.642. The van der Waals surface area contributed by atoms with Crippen LogP contribution in [0.5, 0.6) is 0 Å². The van der Waals surface area contributed by atoms with Crippen LogP contribution in [0.1, 0.15) is 12.5 Å². The Bertz CT molecular complexity index is 305. The number of ether oxygens (including phenoxy) is 1. The summed E-state index contributed by atoms with van der Waals surface area (Å²) in [5, 5.41) is 0. The number of hydrogen-bond donors (Lipinski definition) is 0. The summed E-state index contributed by atoms with van der Waals surface area (Å²) in [5.41, 5.74) is 5.43. The molecule has 1 nitrogen and oxygen atoms in total. The van der Waals surface area contributed by atoms with E-state index in [-0.39, 0.29) is 0 Å². The minimum Gasteiger partial charge on any atom is -0.380 e. The Morgan fingerprint density at radius 1 is 1.38 bits per heavy atom. The van der Waals surface area contributed by atoms with Gasteiger partial charge >= 0.3 is 0 Å². The van der Waals surface area contributed by atoms with Crippen molar-refractivity contribution in [1.29, 1.82) is 0 Å². The quantitative estimate of drug-likeness (QED) is 0.640. The van der Waals surface area contributed by atoms with Crippen molar-refractivity contribution in [3.63, 3.8) is 0 Å². The lowest BCUT2D eigenvalue weighted by atomic mass is 10.2. The first-order valence-corrected chi connectivity index (χ1v) is 4.29. The Morgan fingerprint density at radius 3 is 2.69 bits per heavy atom. The normalized spacial score (nSPS) is 9.08. The van der Waals surface area contributed by atoms with Crippen LogP contribution in [0.4, 0.5) is 0 Å². The molecule has 0 aliphatic heterocycles. The molecule has 0 amide bonds. The van der Waals surface area contributed by atoms with Crippen LogP contribution < -0.4 is 0 Å². The van der Waals surface area contributed by atoms with E-state index in [0.717, 1.165) is 11.1 Å². The molecule has 0 N–H and O–H groups in total. The van der Waals surface area contributed by atoms with Crippen molar-refractivity contribution in [2.24, 2.45) is 0 Å². The Hall–Kier alpha value is -1.30. The Kier molecular flexibility index (Phi) is 4.04. The maximum atomic E-state index is 4.97. The molecule has 0 aliphatic carbocycles. The van der Waals surface area contributed by atoms with Gasteiger partial charge in [-0.15, -0.1) is 5.73 Å². The smallest absolute Gasteiger partial charge is 0.0744 e. The molecule has 1 aromatic rings. The second-order valence-electron chi connectivity index (χ2n) is 2.91. The summed E-state index contributed by atoms with van der Waals surface area (Å²) in [6.45, 7) is 2.65. The largest absolute Gasteiger partial charge is 0.380 e. The van der Waals surface area contributed by atoms with Crippen LogP contribution in [0.15, 0.2) is 41.6 Å². The molecule has 0 radical (unpaired) electrons. The number of rotatable bonds is 3. The maximum Gasteiger partial charge on any atom is 0.0744 e. The first-order valence-electron chi connectivity index (χ1n) is 4.29. The molecular formula is C12H14O. The van der Waals surface area contributed by atoms with Gasteiger partial charge in [-0.1, -0.05) is 30.3 Å². The molecule has 0 aliphatic rings. The summed E-state index contributed by atoms with van der Waals surface area (Å²) in [6, 6.07) is 10.1. The highest BCUT2D eigenvalue weighted by atomic mass is 16.5. The van der Waals surface area contributed by atoms with E-state index >= 15 is 0 Å². The van der Waals surface area contributed by atoms with Gasteiger partial charge in [0.1, 0.15) is 0 Å². The standard InChI is InChI=1S/C12H14O/c1-11(10-13-2)8-9-12-6-4-3-5-7-12/h3-7,9H,10H2,1-2H3. The van der Waals surface area contributed by atoms with E-state index < -0.39 is 0 Å². The van der Waals surface area contributed by atoms with Gasteiger partial charge in [-0.05, 0) is 24.1 Å².